The molecule has 1 aromatic heterocycles. The second-order valence-electron chi connectivity index (χ2n) is 5.69. The zero-order valence-corrected chi connectivity index (χ0v) is 14.8. The van der Waals surface area contributed by atoms with Gasteiger partial charge < -0.3 is 14.4 Å². The predicted octanol–water partition coefficient (Wildman–Crippen LogP) is 4.44. The first kappa shape index (κ1) is 17.5. The molecule has 1 heterocycles. The van der Waals surface area contributed by atoms with Crippen LogP contribution in [0.2, 0.25) is 0 Å². The van der Waals surface area contributed by atoms with E-state index in [-0.39, 0.29) is 5.91 Å². The molecule has 0 saturated heterocycles. The first-order valence-electron chi connectivity index (χ1n) is 8.26. The number of nitrogens with zero attached hydrogens (tertiary/aromatic N) is 2. The van der Waals surface area contributed by atoms with Crippen molar-refractivity contribution in [2.24, 2.45) is 0 Å². The van der Waals surface area contributed by atoms with Crippen molar-refractivity contribution in [3.63, 3.8) is 0 Å². The van der Waals surface area contributed by atoms with Gasteiger partial charge in [-0.25, -0.2) is 4.98 Å². The Balaban J connectivity index is 1.79. The van der Waals surface area contributed by atoms with E-state index in [0.717, 1.165) is 11.3 Å². The molecule has 3 rings (SSSR count). The van der Waals surface area contributed by atoms with Gasteiger partial charge in [0.15, 0.2) is 0 Å². The Morgan fingerprint density at radius 3 is 2.38 bits per heavy atom. The maximum absolute atomic E-state index is 12.2. The van der Waals surface area contributed by atoms with Crippen LogP contribution in [0, 0.1) is 0 Å². The molecule has 0 unspecified atom stereocenters. The maximum Gasteiger partial charge on any atom is 0.224 e. The van der Waals surface area contributed by atoms with Crippen LogP contribution in [0.4, 0.5) is 5.69 Å². The molecule has 0 saturated carbocycles. The highest BCUT2D eigenvalue weighted by molar-refractivity contribution is 5.91. The molecule has 0 radical (unpaired) electrons. The number of pyridine rings is 1. The van der Waals surface area contributed by atoms with E-state index in [1.54, 1.807) is 24.3 Å². The Kier molecular flexibility index (Phi) is 5.49. The molecule has 1 amide bonds. The molecule has 0 aliphatic carbocycles. The summed E-state index contributed by atoms with van der Waals surface area (Å²) in [4.78, 5) is 18.1. The van der Waals surface area contributed by atoms with Gasteiger partial charge >= 0.3 is 0 Å². The number of rotatable bonds is 6. The molecule has 3 aromatic rings. The molecular weight excluding hydrogens is 327 g/mol. The summed E-state index contributed by atoms with van der Waals surface area (Å²) >= 11 is 0. The Hall–Kier alpha value is -3.34. The van der Waals surface area contributed by atoms with Crippen LogP contribution in [0.3, 0.4) is 0 Å². The summed E-state index contributed by atoms with van der Waals surface area (Å²) in [6.07, 6.45) is 1.63. The van der Waals surface area contributed by atoms with Crippen molar-refractivity contribution in [2.75, 3.05) is 12.0 Å². The first-order valence-corrected chi connectivity index (χ1v) is 8.26. The molecule has 26 heavy (non-hydrogen) atoms. The molecule has 5 heteroatoms. The molecule has 0 atom stereocenters. The van der Waals surface area contributed by atoms with E-state index in [2.05, 4.69) is 4.98 Å². The van der Waals surface area contributed by atoms with Crippen molar-refractivity contribution in [2.45, 2.75) is 13.5 Å². The minimum atomic E-state index is -0.0746. The highest BCUT2D eigenvalue weighted by atomic mass is 16.5. The third kappa shape index (κ3) is 4.19. The molecule has 2 aromatic carbocycles. The quantitative estimate of drug-likeness (QED) is 0.662. The van der Waals surface area contributed by atoms with Gasteiger partial charge in [0.1, 0.15) is 11.5 Å². The van der Waals surface area contributed by atoms with Crippen LogP contribution >= 0.6 is 0 Å². The van der Waals surface area contributed by atoms with Gasteiger partial charge in [-0.15, -0.1) is 0 Å². The number of carbonyl (C=O) groups is 1. The topological polar surface area (TPSA) is 51.7 Å². The predicted molar refractivity (Wildman–Crippen MR) is 101 cm³/mol. The Labute approximate surface area is 152 Å². The summed E-state index contributed by atoms with van der Waals surface area (Å²) in [6, 6.07) is 20.6. The van der Waals surface area contributed by atoms with Crippen LogP contribution in [0.25, 0.3) is 0 Å². The van der Waals surface area contributed by atoms with Crippen molar-refractivity contribution < 1.29 is 14.3 Å². The Morgan fingerprint density at radius 1 is 1.00 bits per heavy atom. The lowest BCUT2D eigenvalue weighted by atomic mass is 10.1. The van der Waals surface area contributed by atoms with Crippen LogP contribution in [0.5, 0.6) is 17.4 Å². The SMILES string of the molecule is CC(=O)N(Cc1ccccc1O[11CH3])c1ccc(Oc2ccccc2)nc1. The van der Waals surface area contributed by atoms with Crippen LogP contribution < -0.4 is 14.4 Å². The van der Waals surface area contributed by atoms with Gasteiger partial charge in [-0.3, -0.25) is 4.79 Å². The fourth-order valence-electron chi connectivity index (χ4n) is 2.59. The number of carbonyl (C=O) groups excluding carboxylic acids is 1. The fourth-order valence-corrected chi connectivity index (χ4v) is 2.59. The average molecular weight is 347 g/mol. The smallest absolute Gasteiger partial charge is 0.224 e. The van der Waals surface area contributed by atoms with Gasteiger partial charge in [-0.2, -0.15) is 0 Å². The van der Waals surface area contributed by atoms with Gasteiger partial charge in [-0.1, -0.05) is 36.4 Å². The minimum Gasteiger partial charge on any atom is -0.496 e. The zero-order valence-electron chi connectivity index (χ0n) is 14.8. The van der Waals surface area contributed by atoms with E-state index in [0.29, 0.717) is 23.9 Å². The lowest BCUT2D eigenvalue weighted by molar-refractivity contribution is -0.116. The number of hydrogen-bond donors (Lipinski definition) is 0. The van der Waals surface area contributed by atoms with Crippen molar-refractivity contribution in [1.29, 1.82) is 0 Å². The molecule has 5 nitrogen and oxygen atoms in total. The van der Waals surface area contributed by atoms with E-state index in [4.69, 9.17) is 9.47 Å². The largest absolute Gasteiger partial charge is 0.496 e. The number of aromatic nitrogens is 1. The molecular formula is C21H20N2O3. The number of hydrogen-bond acceptors (Lipinski definition) is 4. The summed E-state index contributed by atoms with van der Waals surface area (Å²) < 4.78 is 11.1. The van der Waals surface area contributed by atoms with Gasteiger partial charge in [0.05, 0.1) is 25.5 Å². The van der Waals surface area contributed by atoms with Crippen molar-refractivity contribution in [1.82, 2.24) is 4.98 Å². The standard InChI is InChI=1S/C21H20N2O3/c1-16(24)23(15-17-8-6-7-11-20(17)25-2)18-12-13-21(22-14-18)26-19-9-4-3-5-10-19/h3-14H,15H2,1-2H3/i2-1. The van der Waals surface area contributed by atoms with Gasteiger partial charge in [0.25, 0.3) is 0 Å². The number of anilines is 1. The lowest BCUT2D eigenvalue weighted by Crippen LogP contribution is -2.28. The molecule has 0 bridgehead atoms. The summed E-state index contributed by atoms with van der Waals surface area (Å²) in [6.45, 7) is 1.93. The van der Waals surface area contributed by atoms with Crippen molar-refractivity contribution in [3.8, 4) is 17.4 Å². The molecule has 0 N–H and O–H groups in total. The summed E-state index contributed by atoms with van der Waals surface area (Å²) in [5.41, 5.74) is 1.62. The maximum atomic E-state index is 12.2. The minimum absolute atomic E-state index is 0.0746. The number of methoxy groups -OCH3 is 1. The van der Waals surface area contributed by atoms with E-state index in [1.165, 1.54) is 6.92 Å². The number of ether oxygens (including phenoxy) is 2. The van der Waals surface area contributed by atoms with Gasteiger partial charge in [0, 0.05) is 18.6 Å². The highest BCUT2D eigenvalue weighted by Gasteiger charge is 2.15. The number of amides is 1. The molecule has 0 aliphatic rings. The molecule has 0 aliphatic heterocycles. The van der Waals surface area contributed by atoms with Crippen molar-refractivity contribution >= 4 is 11.6 Å². The van der Waals surface area contributed by atoms with Crippen LogP contribution in [-0.2, 0) is 11.3 Å². The zero-order chi connectivity index (χ0) is 18.4. The number of benzene rings is 2. The summed E-state index contributed by atoms with van der Waals surface area (Å²) in [7, 11) is 1.62. The Morgan fingerprint density at radius 2 is 1.73 bits per heavy atom. The van der Waals surface area contributed by atoms with Crippen molar-refractivity contribution in [3.05, 3.63) is 78.5 Å². The Bertz CT molecular complexity index is 864. The molecule has 132 valence electrons. The van der Waals surface area contributed by atoms with Gasteiger partial charge in [-0.05, 0) is 24.3 Å². The third-order valence-electron chi connectivity index (χ3n) is 3.90. The highest BCUT2D eigenvalue weighted by Crippen LogP contribution is 2.25. The summed E-state index contributed by atoms with van der Waals surface area (Å²) in [5.74, 6) is 1.86. The monoisotopic (exact) mass is 347 g/mol. The van der Waals surface area contributed by atoms with Gasteiger partial charge in [0.2, 0.25) is 11.8 Å². The normalized spacial score (nSPS) is 10.2. The second kappa shape index (κ2) is 8.16. The van der Waals surface area contributed by atoms with E-state index >= 15 is 0 Å². The second-order valence-corrected chi connectivity index (χ2v) is 5.69. The van der Waals surface area contributed by atoms with Crippen LogP contribution in [0.1, 0.15) is 12.5 Å². The van der Waals surface area contributed by atoms with Crippen LogP contribution in [0.15, 0.2) is 72.9 Å². The average Bonchev–Trinajstić information content (AvgIpc) is 2.68. The fraction of sp³-hybridized carbons (Fsp3) is 0.143. The molecule has 0 fully saturated rings. The summed E-state index contributed by atoms with van der Waals surface area (Å²) in [5, 5.41) is 0. The molecule has 0 spiro atoms. The van der Waals surface area contributed by atoms with E-state index in [1.807, 2.05) is 60.7 Å². The van der Waals surface area contributed by atoms with E-state index in [9.17, 15) is 4.79 Å². The van der Waals surface area contributed by atoms with E-state index < -0.39 is 0 Å². The number of para-hydroxylation sites is 2. The third-order valence-corrected chi connectivity index (χ3v) is 3.90. The van der Waals surface area contributed by atoms with Crippen LogP contribution in [-0.4, -0.2) is 18.0 Å². The lowest BCUT2D eigenvalue weighted by Gasteiger charge is -2.22. The first-order chi connectivity index (χ1) is 12.7.